The van der Waals surface area contributed by atoms with Crippen LogP contribution in [0.4, 0.5) is 5.13 Å². The van der Waals surface area contributed by atoms with Gasteiger partial charge in [0.2, 0.25) is 5.91 Å². The van der Waals surface area contributed by atoms with Crippen LogP contribution in [-0.4, -0.2) is 43.0 Å². The van der Waals surface area contributed by atoms with Crippen molar-refractivity contribution < 1.29 is 9.59 Å². The predicted molar refractivity (Wildman–Crippen MR) is 167 cm³/mol. The largest absolute Gasteiger partial charge is 0.365 e. The van der Waals surface area contributed by atoms with E-state index in [4.69, 9.17) is 0 Å². The van der Waals surface area contributed by atoms with Gasteiger partial charge in [-0.05, 0) is 66.3 Å². The van der Waals surface area contributed by atoms with Crippen LogP contribution < -0.4 is 20.7 Å². The van der Waals surface area contributed by atoms with E-state index in [-0.39, 0.29) is 23.1 Å². The van der Waals surface area contributed by atoms with Gasteiger partial charge in [-0.25, -0.2) is 4.98 Å². The monoisotopic (exact) mass is 579 g/mol. The van der Waals surface area contributed by atoms with Crippen LogP contribution in [0.3, 0.4) is 0 Å². The van der Waals surface area contributed by atoms with Crippen molar-refractivity contribution >= 4 is 40.2 Å². The topological polar surface area (TPSA) is 95.2 Å². The Morgan fingerprint density at radius 1 is 1.02 bits per heavy atom. The lowest BCUT2D eigenvalue weighted by Gasteiger charge is -2.24. The van der Waals surface area contributed by atoms with Gasteiger partial charge in [-0.1, -0.05) is 86.9 Å². The van der Waals surface area contributed by atoms with Gasteiger partial charge in [0.05, 0.1) is 4.88 Å². The molecule has 2 amide bonds. The first-order valence-corrected chi connectivity index (χ1v) is 15.6. The Bertz CT molecular complexity index is 1280. The van der Waals surface area contributed by atoms with E-state index in [1.54, 1.807) is 19.0 Å². The molecule has 1 atom stereocenters. The summed E-state index contributed by atoms with van der Waals surface area (Å²) in [4.78, 5) is 33.5. The Kier molecular flexibility index (Phi) is 10.3. The minimum Gasteiger partial charge on any atom is -0.365 e. The quantitative estimate of drug-likeness (QED) is 0.161. The summed E-state index contributed by atoms with van der Waals surface area (Å²) in [5.74, 6) is -0.328. The molecule has 9 heteroatoms. The van der Waals surface area contributed by atoms with E-state index in [2.05, 4.69) is 89.7 Å². The number of nitrogens with one attached hydrogen (secondary N) is 4. The molecule has 0 spiro atoms. The van der Waals surface area contributed by atoms with E-state index in [1.807, 2.05) is 12.1 Å². The van der Waals surface area contributed by atoms with E-state index in [9.17, 15) is 9.59 Å². The third kappa shape index (κ3) is 7.86. The molecule has 40 heavy (non-hydrogen) atoms. The Balaban J connectivity index is 1.42. The van der Waals surface area contributed by atoms with E-state index in [1.165, 1.54) is 22.5 Å². The van der Waals surface area contributed by atoms with Crippen molar-refractivity contribution in [1.82, 2.24) is 20.3 Å². The molecule has 1 aromatic heterocycles. The van der Waals surface area contributed by atoms with E-state index < -0.39 is 6.04 Å². The lowest BCUT2D eigenvalue weighted by molar-refractivity contribution is -0.124. The fourth-order valence-electron chi connectivity index (χ4n) is 4.88. The van der Waals surface area contributed by atoms with Crippen molar-refractivity contribution in [3.8, 4) is 10.4 Å². The number of aryl methyl sites for hydroxylation is 1. The Morgan fingerprint density at radius 2 is 1.70 bits per heavy atom. The number of thiazole rings is 1. The molecule has 0 radical (unpaired) electrons. The highest BCUT2D eigenvalue weighted by Gasteiger charge is 2.33. The smallest absolute Gasteiger partial charge is 0.272 e. The standard InChI is InChI=1S/C31H41N5O2S2/c1-20-10-16-24(17-11-20)40-34-19-18-33-28(37)25(21-8-6-7-9-21)35-29(38)26-27(39-30(32-5)36-26)22-12-14-23(15-13-22)31(2,3)4/h10-17,21,25,34H,6-9,18-19H2,1-5H3,(H,32,36)(H,33,37)(H,35,38). The zero-order valence-electron chi connectivity index (χ0n) is 24.1. The van der Waals surface area contributed by atoms with E-state index in [0.717, 1.165) is 41.0 Å². The van der Waals surface area contributed by atoms with Crippen molar-refractivity contribution in [3.63, 3.8) is 0 Å². The maximum absolute atomic E-state index is 13.6. The number of aromatic nitrogens is 1. The molecule has 2 aromatic carbocycles. The van der Waals surface area contributed by atoms with Crippen molar-refractivity contribution in [1.29, 1.82) is 0 Å². The highest BCUT2D eigenvalue weighted by Crippen LogP contribution is 2.35. The Labute approximate surface area is 246 Å². The van der Waals surface area contributed by atoms with Crippen LogP contribution in [0.2, 0.25) is 0 Å². The normalized spacial score (nSPS) is 14.6. The summed E-state index contributed by atoms with van der Waals surface area (Å²) in [7, 11) is 1.80. The second kappa shape index (κ2) is 13.7. The number of hydrogen-bond donors (Lipinski definition) is 4. The van der Waals surface area contributed by atoms with Gasteiger partial charge in [-0.15, -0.1) is 0 Å². The lowest BCUT2D eigenvalue weighted by Crippen LogP contribution is -2.51. The average Bonchev–Trinajstić information content (AvgIpc) is 3.62. The Hall–Kier alpha value is -2.88. The summed E-state index contributed by atoms with van der Waals surface area (Å²) < 4.78 is 3.30. The van der Waals surface area contributed by atoms with E-state index >= 15 is 0 Å². The summed E-state index contributed by atoms with van der Waals surface area (Å²) in [6.45, 7) is 9.69. The molecule has 1 unspecified atom stereocenters. The molecule has 7 nitrogen and oxygen atoms in total. The van der Waals surface area contributed by atoms with Gasteiger partial charge in [0.1, 0.15) is 11.7 Å². The van der Waals surface area contributed by atoms with Crippen LogP contribution in [0, 0.1) is 12.8 Å². The first-order chi connectivity index (χ1) is 19.2. The van der Waals surface area contributed by atoms with Gasteiger partial charge in [0.15, 0.2) is 5.13 Å². The van der Waals surface area contributed by atoms with Gasteiger partial charge in [0.25, 0.3) is 5.91 Å². The summed E-state index contributed by atoms with van der Waals surface area (Å²) in [5, 5.41) is 9.84. The molecule has 4 rings (SSSR count). The molecular formula is C31H41N5O2S2. The third-order valence-electron chi connectivity index (χ3n) is 7.25. The van der Waals surface area contributed by atoms with Crippen molar-refractivity contribution in [3.05, 3.63) is 65.4 Å². The molecule has 4 N–H and O–H groups in total. The fraction of sp³-hybridized carbons (Fsp3) is 0.452. The van der Waals surface area contributed by atoms with Gasteiger partial charge in [-0.2, -0.15) is 0 Å². The van der Waals surface area contributed by atoms with Crippen LogP contribution in [0.25, 0.3) is 10.4 Å². The number of carbonyl (C=O) groups excluding carboxylic acids is 2. The van der Waals surface area contributed by atoms with Gasteiger partial charge in [-0.3, -0.25) is 14.3 Å². The Morgan fingerprint density at radius 3 is 2.33 bits per heavy atom. The predicted octanol–water partition coefficient (Wildman–Crippen LogP) is 6.16. The molecule has 1 aliphatic carbocycles. The zero-order chi connectivity index (χ0) is 28.7. The molecular weight excluding hydrogens is 539 g/mol. The molecule has 1 heterocycles. The summed E-state index contributed by atoms with van der Waals surface area (Å²) in [5.41, 5.74) is 3.78. The molecule has 1 saturated carbocycles. The highest BCUT2D eigenvalue weighted by atomic mass is 32.2. The number of amides is 2. The van der Waals surface area contributed by atoms with Crippen LogP contribution in [0.15, 0.2) is 53.4 Å². The molecule has 1 aliphatic rings. The van der Waals surface area contributed by atoms with Crippen LogP contribution in [-0.2, 0) is 10.2 Å². The maximum atomic E-state index is 13.6. The minimum atomic E-state index is -0.587. The summed E-state index contributed by atoms with van der Waals surface area (Å²) >= 11 is 2.99. The number of nitrogens with zero attached hydrogens (tertiary/aromatic N) is 1. The molecule has 3 aromatic rings. The number of rotatable bonds is 11. The molecule has 1 fully saturated rings. The number of benzene rings is 2. The number of hydrogen-bond acceptors (Lipinski definition) is 7. The molecule has 0 bridgehead atoms. The molecule has 0 saturated heterocycles. The highest BCUT2D eigenvalue weighted by molar-refractivity contribution is 7.97. The third-order valence-corrected chi connectivity index (χ3v) is 9.23. The minimum absolute atomic E-state index is 0.0410. The van der Waals surface area contributed by atoms with E-state index in [0.29, 0.717) is 23.9 Å². The second-order valence-electron chi connectivity index (χ2n) is 11.4. The first kappa shape index (κ1) is 30.1. The average molecular weight is 580 g/mol. The lowest BCUT2D eigenvalue weighted by atomic mass is 9.86. The van der Waals surface area contributed by atoms with Gasteiger partial charge >= 0.3 is 0 Å². The van der Waals surface area contributed by atoms with Crippen LogP contribution >= 0.6 is 23.3 Å². The molecule has 214 valence electrons. The molecule has 0 aliphatic heterocycles. The van der Waals surface area contributed by atoms with Crippen molar-refractivity contribution in [2.45, 2.75) is 69.7 Å². The van der Waals surface area contributed by atoms with Gasteiger partial charge < -0.3 is 16.0 Å². The second-order valence-corrected chi connectivity index (χ2v) is 13.3. The number of anilines is 1. The van der Waals surface area contributed by atoms with Crippen molar-refractivity contribution in [2.75, 3.05) is 25.5 Å². The summed E-state index contributed by atoms with van der Waals surface area (Å²) in [6, 6.07) is 16.0. The fourth-order valence-corrected chi connectivity index (χ4v) is 6.45. The number of carbonyl (C=O) groups is 2. The SMILES string of the molecule is CNc1nc(C(=O)NC(C(=O)NCCNSc2ccc(C)cc2)C2CCCC2)c(-c2ccc(C(C)(C)C)cc2)s1. The van der Waals surface area contributed by atoms with Crippen LogP contribution in [0.5, 0.6) is 0 Å². The zero-order valence-corrected chi connectivity index (χ0v) is 25.7. The van der Waals surface area contributed by atoms with Gasteiger partial charge in [0, 0.05) is 25.0 Å². The maximum Gasteiger partial charge on any atom is 0.272 e. The first-order valence-electron chi connectivity index (χ1n) is 14.0. The van der Waals surface area contributed by atoms with Crippen LogP contribution in [0.1, 0.15) is 68.1 Å². The van der Waals surface area contributed by atoms with Crippen molar-refractivity contribution in [2.24, 2.45) is 5.92 Å². The summed E-state index contributed by atoms with van der Waals surface area (Å²) in [6.07, 6.45) is 4.01.